The van der Waals surface area contributed by atoms with Crippen LogP contribution < -0.4 is 10.2 Å². The summed E-state index contributed by atoms with van der Waals surface area (Å²) in [4.78, 5) is 2.19. The third kappa shape index (κ3) is 2.80. The highest BCUT2D eigenvalue weighted by molar-refractivity contribution is 5.49. The van der Waals surface area contributed by atoms with Gasteiger partial charge in [0.1, 0.15) is 5.82 Å². The molecule has 0 amide bonds. The first-order chi connectivity index (χ1) is 8.52. The van der Waals surface area contributed by atoms with Crippen molar-refractivity contribution in [3.8, 4) is 6.07 Å². The van der Waals surface area contributed by atoms with Gasteiger partial charge in [0.15, 0.2) is 0 Å². The SMILES string of the molecule is CC1(C)CN(c2ccc(F)cc2)C(CC#N)CN1. The smallest absolute Gasteiger partial charge is 0.123 e. The molecule has 1 fully saturated rings. The van der Waals surface area contributed by atoms with Crippen molar-refractivity contribution in [2.45, 2.75) is 31.8 Å². The third-order valence-electron chi connectivity index (χ3n) is 3.31. The Bertz CT molecular complexity index is 447. The van der Waals surface area contributed by atoms with Gasteiger partial charge in [-0.2, -0.15) is 5.26 Å². The summed E-state index contributed by atoms with van der Waals surface area (Å²) in [5, 5.41) is 12.3. The monoisotopic (exact) mass is 247 g/mol. The first-order valence-electron chi connectivity index (χ1n) is 6.16. The van der Waals surface area contributed by atoms with Crippen molar-refractivity contribution in [2.75, 3.05) is 18.0 Å². The minimum atomic E-state index is -0.232. The van der Waals surface area contributed by atoms with Crippen molar-refractivity contribution in [2.24, 2.45) is 0 Å². The van der Waals surface area contributed by atoms with Gasteiger partial charge in [-0.3, -0.25) is 0 Å². The van der Waals surface area contributed by atoms with Gasteiger partial charge >= 0.3 is 0 Å². The van der Waals surface area contributed by atoms with Gasteiger partial charge in [0.2, 0.25) is 0 Å². The Labute approximate surface area is 107 Å². The van der Waals surface area contributed by atoms with Crippen molar-refractivity contribution >= 4 is 5.69 Å². The van der Waals surface area contributed by atoms with E-state index >= 15 is 0 Å². The molecule has 1 aliphatic heterocycles. The molecular formula is C14H18FN3. The molecule has 1 saturated heterocycles. The summed E-state index contributed by atoms with van der Waals surface area (Å²) in [6, 6.07) is 8.86. The van der Waals surface area contributed by atoms with E-state index in [-0.39, 0.29) is 17.4 Å². The Morgan fingerprint density at radius 1 is 1.44 bits per heavy atom. The summed E-state index contributed by atoms with van der Waals surface area (Å²) in [7, 11) is 0. The molecule has 0 saturated carbocycles. The van der Waals surface area contributed by atoms with Crippen LogP contribution in [-0.2, 0) is 0 Å². The molecule has 2 rings (SSSR count). The number of nitriles is 1. The molecule has 1 heterocycles. The van der Waals surface area contributed by atoms with Gasteiger partial charge in [0, 0.05) is 24.3 Å². The van der Waals surface area contributed by atoms with Gasteiger partial charge in [-0.15, -0.1) is 0 Å². The van der Waals surface area contributed by atoms with Crippen LogP contribution in [-0.4, -0.2) is 24.7 Å². The van der Waals surface area contributed by atoms with Crippen molar-refractivity contribution in [3.63, 3.8) is 0 Å². The summed E-state index contributed by atoms with van der Waals surface area (Å²) in [6.45, 7) is 5.85. The van der Waals surface area contributed by atoms with Crippen molar-refractivity contribution < 1.29 is 4.39 Å². The highest BCUT2D eigenvalue weighted by Gasteiger charge is 2.32. The normalized spacial score (nSPS) is 22.6. The van der Waals surface area contributed by atoms with E-state index < -0.39 is 0 Å². The van der Waals surface area contributed by atoms with Gasteiger partial charge < -0.3 is 10.2 Å². The fraction of sp³-hybridized carbons (Fsp3) is 0.500. The summed E-state index contributed by atoms with van der Waals surface area (Å²) >= 11 is 0. The largest absolute Gasteiger partial charge is 0.364 e. The predicted octanol–water partition coefficient (Wildman–Crippen LogP) is 2.30. The lowest BCUT2D eigenvalue weighted by Crippen LogP contribution is -2.61. The molecule has 96 valence electrons. The van der Waals surface area contributed by atoms with E-state index in [0.29, 0.717) is 6.42 Å². The summed E-state index contributed by atoms with van der Waals surface area (Å²) < 4.78 is 13.0. The van der Waals surface area contributed by atoms with Crippen LogP contribution >= 0.6 is 0 Å². The Morgan fingerprint density at radius 3 is 2.72 bits per heavy atom. The number of hydrogen-bond donors (Lipinski definition) is 1. The molecule has 1 unspecified atom stereocenters. The second-order valence-electron chi connectivity index (χ2n) is 5.39. The van der Waals surface area contributed by atoms with Crippen molar-refractivity contribution in [1.82, 2.24) is 5.32 Å². The van der Waals surface area contributed by atoms with Gasteiger partial charge in [-0.1, -0.05) is 0 Å². The molecule has 3 nitrogen and oxygen atoms in total. The molecule has 4 heteroatoms. The van der Waals surface area contributed by atoms with Crippen LogP contribution in [0.25, 0.3) is 0 Å². The molecule has 1 N–H and O–H groups in total. The maximum Gasteiger partial charge on any atom is 0.123 e. The lowest BCUT2D eigenvalue weighted by Gasteiger charge is -2.45. The molecule has 0 spiro atoms. The number of piperazine rings is 1. The lowest BCUT2D eigenvalue weighted by atomic mass is 9.97. The first kappa shape index (κ1) is 12.8. The molecule has 0 bridgehead atoms. The minimum absolute atomic E-state index is 0.000339. The average Bonchev–Trinajstić information content (AvgIpc) is 2.32. The van der Waals surface area contributed by atoms with Gasteiger partial charge in [0.25, 0.3) is 0 Å². The minimum Gasteiger partial charge on any atom is -0.364 e. The Kier molecular flexibility index (Phi) is 3.53. The number of nitrogens with one attached hydrogen (secondary N) is 1. The van der Waals surface area contributed by atoms with E-state index in [9.17, 15) is 4.39 Å². The Balaban J connectivity index is 2.24. The third-order valence-corrected chi connectivity index (χ3v) is 3.31. The molecule has 1 aromatic rings. The standard InChI is InChI=1S/C14H18FN3/c1-14(2)10-18(13(7-8-16)9-17-14)12-5-3-11(15)4-6-12/h3-6,13,17H,7,9-10H2,1-2H3. The predicted molar refractivity (Wildman–Crippen MR) is 69.8 cm³/mol. The topological polar surface area (TPSA) is 39.1 Å². The number of anilines is 1. The Morgan fingerprint density at radius 2 is 2.11 bits per heavy atom. The second-order valence-corrected chi connectivity index (χ2v) is 5.39. The highest BCUT2D eigenvalue weighted by Crippen LogP contribution is 2.24. The van der Waals surface area contributed by atoms with E-state index in [0.717, 1.165) is 18.8 Å². The lowest BCUT2D eigenvalue weighted by molar-refractivity contribution is 0.311. The molecule has 1 atom stereocenters. The van der Waals surface area contributed by atoms with Gasteiger partial charge in [-0.25, -0.2) is 4.39 Å². The zero-order chi connectivity index (χ0) is 13.2. The van der Waals surface area contributed by atoms with Gasteiger partial charge in [0.05, 0.1) is 18.5 Å². The maximum absolute atomic E-state index is 13.0. The highest BCUT2D eigenvalue weighted by atomic mass is 19.1. The van der Waals surface area contributed by atoms with Crippen LogP contribution in [0.1, 0.15) is 20.3 Å². The number of halogens is 1. The van der Waals surface area contributed by atoms with E-state index in [4.69, 9.17) is 5.26 Å². The summed E-state index contributed by atoms with van der Waals surface area (Å²) in [5.74, 6) is -0.232. The van der Waals surface area contributed by atoms with Crippen LogP contribution in [0.2, 0.25) is 0 Å². The van der Waals surface area contributed by atoms with E-state index in [1.807, 2.05) is 0 Å². The number of hydrogen-bond acceptors (Lipinski definition) is 3. The molecule has 18 heavy (non-hydrogen) atoms. The fourth-order valence-corrected chi connectivity index (χ4v) is 2.34. The van der Waals surface area contributed by atoms with E-state index in [1.54, 1.807) is 12.1 Å². The molecule has 0 radical (unpaired) electrons. The van der Waals surface area contributed by atoms with Crippen LogP contribution in [0.4, 0.5) is 10.1 Å². The first-order valence-corrected chi connectivity index (χ1v) is 6.16. The molecule has 0 aromatic heterocycles. The summed E-state index contributed by atoms with van der Waals surface area (Å²) in [6.07, 6.45) is 0.473. The fourth-order valence-electron chi connectivity index (χ4n) is 2.34. The quantitative estimate of drug-likeness (QED) is 0.871. The number of benzene rings is 1. The number of nitrogens with zero attached hydrogens (tertiary/aromatic N) is 2. The molecular weight excluding hydrogens is 229 g/mol. The van der Waals surface area contributed by atoms with Crippen LogP contribution in [0, 0.1) is 17.1 Å². The number of rotatable bonds is 2. The van der Waals surface area contributed by atoms with Crippen molar-refractivity contribution in [3.05, 3.63) is 30.1 Å². The van der Waals surface area contributed by atoms with Crippen LogP contribution in [0.5, 0.6) is 0 Å². The van der Waals surface area contributed by atoms with E-state index in [1.165, 1.54) is 12.1 Å². The molecule has 1 aromatic carbocycles. The van der Waals surface area contributed by atoms with Crippen LogP contribution in [0.15, 0.2) is 24.3 Å². The average molecular weight is 247 g/mol. The molecule has 1 aliphatic rings. The zero-order valence-corrected chi connectivity index (χ0v) is 10.8. The van der Waals surface area contributed by atoms with Crippen LogP contribution in [0.3, 0.4) is 0 Å². The summed E-state index contributed by atoms with van der Waals surface area (Å²) in [5.41, 5.74) is 0.978. The maximum atomic E-state index is 13.0. The van der Waals surface area contributed by atoms with Crippen molar-refractivity contribution in [1.29, 1.82) is 5.26 Å². The van der Waals surface area contributed by atoms with Gasteiger partial charge in [-0.05, 0) is 38.1 Å². The Hall–Kier alpha value is -1.60. The second kappa shape index (κ2) is 4.95. The molecule has 0 aliphatic carbocycles. The zero-order valence-electron chi connectivity index (χ0n) is 10.8. The van der Waals surface area contributed by atoms with E-state index in [2.05, 4.69) is 30.1 Å².